The molecule has 3 aromatic heterocycles. The molecule has 0 radical (unpaired) electrons. The molecule has 164 valence electrons. The Morgan fingerprint density at radius 1 is 1.32 bits per heavy atom. The quantitative estimate of drug-likeness (QED) is 0.444. The van der Waals surface area contributed by atoms with Crippen molar-refractivity contribution >= 4 is 37.5 Å². The Morgan fingerprint density at radius 3 is 2.90 bits per heavy atom. The molecule has 0 saturated carbocycles. The fraction of sp³-hybridized carbons (Fsp3) is 0.429. The predicted octanol–water partition coefficient (Wildman–Crippen LogP) is 4.51. The van der Waals surface area contributed by atoms with Gasteiger partial charge in [-0.1, -0.05) is 20.5 Å². The third-order valence-electron chi connectivity index (χ3n) is 4.86. The van der Waals surface area contributed by atoms with Gasteiger partial charge in [-0.3, -0.25) is 4.40 Å². The summed E-state index contributed by atoms with van der Waals surface area (Å²) in [6.07, 6.45) is 4.97. The van der Waals surface area contributed by atoms with Gasteiger partial charge in [-0.05, 0) is 45.7 Å². The molecule has 1 atom stereocenters. The molecule has 7 nitrogen and oxygen atoms in total. The number of fused-ring (bicyclic) bond motifs is 1. The first kappa shape index (κ1) is 22.1. The highest BCUT2D eigenvalue weighted by Crippen LogP contribution is 2.24. The van der Waals surface area contributed by atoms with E-state index < -0.39 is 0 Å². The van der Waals surface area contributed by atoms with Crippen LogP contribution in [0.2, 0.25) is 5.15 Å². The Labute approximate surface area is 187 Å². The number of aromatic nitrogens is 4. The lowest BCUT2D eigenvalue weighted by Crippen LogP contribution is -2.46. The van der Waals surface area contributed by atoms with Gasteiger partial charge in [-0.2, -0.15) is 0 Å². The van der Waals surface area contributed by atoms with Gasteiger partial charge in [-0.25, -0.2) is 24.2 Å². The average molecular weight is 463 g/mol. The number of piperidine rings is 1. The number of imidazole rings is 1. The van der Waals surface area contributed by atoms with Gasteiger partial charge in [0, 0.05) is 31.4 Å². The summed E-state index contributed by atoms with van der Waals surface area (Å²) in [7, 11) is 3.63. The van der Waals surface area contributed by atoms with E-state index in [1.165, 1.54) is 12.3 Å². The lowest BCUT2D eigenvalue weighted by Gasteiger charge is -2.35. The predicted molar refractivity (Wildman–Crippen MR) is 124 cm³/mol. The molecular formula is C21H25ClFN6OP. The molecule has 3 aromatic rings. The normalized spacial score (nSPS) is 17.8. The first-order valence-electron chi connectivity index (χ1n) is 10.1. The number of hydrogen-bond donors (Lipinski definition) is 1. The number of anilines is 1. The topological polar surface area (TPSA) is 67.6 Å². The number of nitrogens with one attached hydrogen (secondary N) is 1. The zero-order chi connectivity index (χ0) is 22.2. The zero-order valence-electron chi connectivity index (χ0n) is 17.7. The van der Waals surface area contributed by atoms with E-state index >= 15 is 0 Å². The van der Waals surface area contributed by atoms with Crippen LogP contribution in [0.4, 0.5) is 10.2 Å². The number of nitrogens with zero attached hydrogens (tertiary/aromatic N) is 5. The van der Waals surface area contributed by atoms with Crippen molar-refractivity contribution in [3.8, 4) is 11.5 Å². The number of ether oxygens (including phenoxy) is 1. The van der Waals surface area contributed by atoms with Crippen LogP contribution >= 0.6 is 20.5 Å². The van der Waals surface area contributed by atoms with Crippen LogP contribution in [0.15, 0.2) is 30.6 Å². The largest absolute Gasteiger partial charge is 0.366 e. The van der Waals surface area contributed by atoms with Gasteiger partial charge in [0.15, 0.2) is 5.82 Å². The molecule has 1 N–H and O–H groups in total. The second-order valence-corrected chi connectivity index (χ2v) is 9.38. The molecule has 0 amide bonds. The minimum absolute atomic E-state index is 0.155. The maximum atomic E-state index is 13.7. The molecule has 1 fully saturated rings. The van der Waals surface area contributed by atoms with Gasteiger partial charge in [0.25, 0.3) is 0 Å². The Morgan fingerprint density at radius 2 is 2.13 bits per heavy atom. The van der Waals surface area contributed by atoms with E-state index in [0.29, 0.717) is 28.1 Å². The summed E-state index contributed by atoms with van der Waals surface area (Å²) in [5.74, 6) is 0.623. The zero-order valence-corrected chi connectivity index (χ0v) is 19.4. The van der Waals surface area contributed by atoms with Crippen LogP contribution in [0.3, 0.4) is 0 Å². The number of pyridine rings is 1. The molecule has 4 rings (SSSR count). The number of rotatable bonds is 5. The van der Waals surface area contributed by atoms with E-state index in [-0.39, 0.29) is 17.5 Å². The van der Waals surface area contributed by atoms with Crippen LogP contribution in [-0.4, -0.2) is 54.6 Å². The standard InChI is InChI=1S/C21H25ClFN6OP/c1-21(2,3)30-20(31)28-8-4-5-14(12-28)25-17-9-16(22)26-19(27-17)15-10-24-18-7-6-13(23)11-29(15)18/h6-7,9-11,14,31H,4-5,8,12H2,1-3H3,(H,25,26,27). The van der Waals surface area contributed by atoms with Crippen molar-refractivity contribution in [3.05, 3.63) is 41.6 Å². The van der Waals surface area contributed by atoms with Gasteiger partial charge in [0.2, 0.25) is 0 Å². The van der Waals surface area contributed by atoms with Gasteiger partial charge in [-0.15, -0.1) is 0 Å². The van der Waals surface area contributed by atoms with E-state index in [1.807, 2.05) is 20.8 Å². The van der Waals surface area contributed by atoms with Crippen LogP contribution in [0.1, 0.15) is 33.6 Å². The van der Waals surface area contributed by atoms with E-state index in [2.05, 4.69) is 34.0 Å². The number of likely N-dealkylation sites (tertiary alicyclic amines) is 1. The van der Waals surface area contributed by atoms with Crippen LogP contribution in [0.5, 0.6) is 0 Å². The highest BCUT2D eigenvalue weighted by molar-refractivity contribution is 7.20. The second-order valence-electron chi connectivity index (χ2n) is 8.57. The van der Waals surface area contributed by atoms with Crippen molar-refractivity contribution in [1.82, 2.24) is 24.3 Å². The first-order chi connectivity index (χ1) is 14.7. The second kappa shape index (κ2) is 8.79. The van der Waals surface area contributed by atoms with Crippen molar-refractivity contribution in [3.63, 3.8) is 0 Å². The molecule has 4 heterocycles. The Hall–Kier alpha value is -2.12. The van der Waals surface area contributed by atoms with Crippen molar-refractivity contribution in [1.29, 1.82) is 0 Å². The van der Waals surface area contributed by atoms with Crippen LogP contribution in [0.25, 0.3) is 17.2 Å². The average Bonchev–Trinajstić information content (AvgIpc) is 3.09. The summed E-state index contributed by atoms with van der Waals surface area (Å²) in [4.78, 5) is 15.4. The SMILES string of the molecule is CC(C)(C)OC(=P)N1CCCC(Nc2cc(Cl)nc(-c3cnc4ccc(F)cn34)n2)C1. The molecule has 1 aliphatic heterocycles. The molecule has 0 bridgehead atoms. The number of halogens is 2. The monoisotopic (exact) mass is 462 g/mol. The molecule has 1 saturated heterocycles. The van der Waals surface area contributed by atoms with Gasteiger partial charge in [0.05, 0.1) is 11.8 Å². The molecule has 1 aliphatic rings. The van der Waals surface area contributed by atoms with E-state index in [1.54, 1.807) is 22.7 Å². The third kappa shape index (κ3) is 5.39. The third-order valence-corrected chi connectivity index (χ3v) is 5.47. The maximum Gasteiger partial charge on any atom is 0.181 e. The Balaban J connectivity index is 1.53. The summed E-state index contributed by atoms with van der Waals surface area (Å²) in [5.41, 5.74) is 1.63. The highest BCUT2D eigenvalue weighted by atomic mass is 35.5. The fourth-order valence-corrected chi connectivity index (χ4v) is 4.26. The van der Waals surface area contributed by atoms with Gasteiger partial charge in [0.1, 0.15) is 33.7 Å². The van der Waals surface area contributed by atoms with Crippen LogP contribution in [-0.2, 0) is 4.74 Å². The maximum absolute atomic E-state index is 13.7. The molecule has 0 aromatic carbocycles. The van der Waals surface area contributed by atoms with Crippen molar-refractivity contribution in [2.45, 2.75) is 45.3 Å². The Bertz CT molecular complexity index is 1110. The molecular weight excluding hydrogens is 438 g/mol. The fourth-order valence-electron chi connectivity index (χ4n) is 3.57. The summed E-state index contributed by atoms with van der Waals surface area (Å²) in [5, 5.41) is 3.76. The van der Waals surface area contributed by atoms with E-state index in [9.17, 15) is 4.39 Å². The van der Waals surface area contributed by atoms with E-state index in [0.717, 1.165) is 31.5 Å². The summed E-state index contributed by atoms with van der Waals surface area (Å²) < 4.78 is 21.3. The van der Waals surface area contributed by atoms with Crippen LogP contribution in [0, 0.1) is 5.82 Å². The van der Waals surface area contributed by atoms with Gasteiger partial charge < -0.3 is 10.1 Å². The molecule has 31 heavy (non-hydrogen) atoms. The minimum Gasteiger partial charge on any atom is -0.366 e. The highest BCUT2D eigenvalue weighted by Gasteiger charge is 2.25. The minimum atomic E-state index is -0.367. The number of hydrogen-bond acceptors (Lipinski definition) is 5. The lowest BCUT2D eigenvalue weighted by molar-refractivity contribution is 0.0887. The molecule has 0 aliphatic carbocycles. The summed E-state index contributed by atoms with van der Waals surface area (Å²) in [6, 6.07) is 4.82. The van der Waals surface area contributed by atoms with Crippen molar-refractivity contribution < 1.29 is 9.13 Å². The molecule has 0 spiro atoms. The Kier molecular flexibility index (Phi) is 6.26. The van der Waals surface area contributed by atoms with Crippen molar-refractivity contribution in [2.24, 2.45) is 0 Å². The lowest BCUT2D eigenvalue weighted by atomic mass is 10.1. The van der Waals surface area contributed by atoms with Gasteiger partial charge >= 0.3 is 0 Å². The van der Waals surface area contributed by atoms with E-state index in [4.69, 9.17) is 16.3 Å². The van der Waals surface area contributed by atoms with Crippen LogP contribution < -0.4 is 5.32 Å². The smallest absolute Gasteiger partial charge is 0.181 e. The molecule has 1 unspecified atom stereocenters. The molecule has 10 heteroatoms. The summed E-state index contributed by atoms with van der Waals surface area (Å²) in [6.45, 7) is 7.72. The summed E-state index contributed by atoms with van der Waals surface area (Å²) >= 11 is 6.28. The van der Waals surface area contributed by atoms with Crippen molar-refractivity contribution in [2.75, 3.05) is 18.4 Å². The first-order valence-corrected chi connectivity index (χ1v) is 11.0.